The molecule has 2 nitrogen and oxygen atoms in total. The normalized spacial score (nSPS) is 11.0. The Morgan fingerprint density at radius 3 is 2.29 bits per heavy atom. The number of ether oxygens (including phenoxy) is 1. The summed E-state index contributed by atoms with van der Waals surface area (Å²) in [4.78, 5) is 2.24. The van der Waals surface area contributed by atoms with E-state index in [1.54, 1.807) is 7.11 Å². The van der Waals surface area contributed by atoms with Crippen LogP contribution in [0.5, 0.6) is 5.75 Å². The molecule has 17 heavy (non-hydrogen) atoms. The van der Waals surface area contributed by atoms with E-state index in [2.05, 4.69) is 45.8 Å². The maximum atomic E-state index is 5.40. The van der Waals surface area contributed by atoms with Crippen molar-refractivity contribution in [1.29, 1.82) is 0 Å². The van der Waals surface area contributed by atoms with Crippen LogP contribution in [0.25, 0.3) is 0 Å². The van der Waals surface area contributed by atoms with Crippen LogP contribution in [0.15, 0.2) is 6.07 Å². The van der Waals surface area contributed by atoms with Gasteiger partial charge in [-0.15, -0.1) is 0 Å². The second-order valence-electron chi connectivity index (χ2n) is 5.03. The Morgan fingerprint density at radius 2 is 1.76 bits per heavy atom. The van der Waals surface area contributed by atoms with E-state index in [1.807, 2.05) is 0 Å². The number of nitrogens with zero attached hydrogens (tertiary/aromatic N) is 1. The van der Waals surface area contributed by atoms with Crippen LogP contribution in [0.1, 0.15) is 28.7 Å². The molecule has 0 radical (unpaired) electrons. The van der Waals surface area contributed by atoms with E-state index in [0.717, 1.165) is 18.7 Å². The van der Waals surface area contributed by atoms with Gasteiger partial charge in [0.15, 0.2) is 0 Å². The van der Waals surface area contributed by atoms with Gasteiger partial charge in [-0.1, -0.05) is 0 Å². The van der Waals surface area contributed by atoms with Crippen molar-refractivity contribution in [3.63, 3.8) is 0 Å². The van der Waals surface area contributed by atoms with Crippen LogP contribution in [0.3, 0.4) is 0 Å². The molecule has 2 heteroatoms. The highest BCUT2D eigenvalue weighted by atomic mass is 16.5. The third-order valence-corrected chi connectivity index (χ3v) is 3.46. The Morgan fingerprint density at radius 1 is 1.12 bits per heavy atom. The Kier molecular flexibility index (Phi) is 5.01. The molecule has 1 aromatic rings. The van der Waals surface area contributed by atoms with Crippen molar-refractivity contribution in [3.05, 3.63) is 28.3 Å². The zero-order chi connectivity index (χ0) is 13.0. The molecular weight excluding hydrogens is 210 g/mol. The van der Waals surface area contributed by atoms with Gasteiger partial charge in [-0.25, -0.2) is 0 Å². The van der Waals surface area contributed by atoms with E-state index < -0.39 is 0 Å². The summed E-state index contributed by atoms with van der Waals surface area (Å²) in [6, 6.07) is 2.16. The molecule has 0 atom stereocenters. The van der Waals surface area contributed by atoms with Crippen molar-refractivity contribution in [2.45, 2.75) is 33.6 Å². The number of rotatable bonds is 5. The zero-order valence-corrected chi connectivity index (χ0v) is 12.1. The minimum absolute atomic E-state index is 1.01. The zero-order valence-electron chi connectivity index (χ0n) is 12.1. The molecule has 0 amide bonds. The lowest BCUT2D eigenvalue weighted by Gasteiger charge is -2.17. The van der Waals surface area contributed by atoms with Gasteiger partial charge in [0.25, 0.3) is 0 Å². The van der Waals surface area contributed by atoms with Gasteiger partial charge in [0, 0.05) is 0 Å². The summed E-state index contributed by atoms with van der Waals surface area (Å²) in [6.07, 6.45) is 2.36. The smallest absolute Gasteiger partial charge is 0.122 e. The van der Waals surface area contributed by atoms with Crippen LogP contribution in [0, 0.1) is 20.8 Å². The fourth-order valence-corrected chi connectivity index (χ4v) is 2.27. The van der Waals surface area contributed by atoms with Crippen molar-refractivity contribution in [3.8, 4) is 5.75 Å². The molecule has 1 rings (SSSR count). The van der Waals surface area contributed by atoms with Crippen LogP contribution in [0.2, 0.25) is 0 Å². The Bertz CT molecular complexity index is 383. The van der Waals surface area contributed by atoms with Gasteiger partial charge in [0.1, 0.15) is 5.75 Å². The van der Waals surface area contributed by atoms with Gasteiger partial charge in [0.05, 0.1) is 7.11 Å². The summed E-state index contributed by atoms with van der Waals surface area (Å²) in [5, 5.41) is 0. The molecule has 0 fully saturated rings. The van der Waals surface area contributed by atoms with Crippen LogP contribution >= 0.6 is 0 Å². The van der Waals surface area contributed by atoms with Crippen LogP contribution < -0.4 is 4.74 Å². The lowest BCUT2D eigenvalue weighted by molar-refractivity contribution is 0.399. The first-order valence-corrected chi connectivity index (χ1v) is 6.25. The van der Waals surface area contributed by atoms with Crippen LogP contribution in [0.4, 0.5) is 0 Å². The van der Waals surface area contributed by atoms with Gasteiger partial charge in [0.2, 0.25) is 0 Å². The van der Waals surface area contributed by atoms with E-state index >= 15 is 0 Å². The molecule has 0 saturated carbocycles. The molecular formula is C15H25NO. The second kappa shape index (κ2) is 6.06. The average molecular weight is 235 g/mol. The molecule has 0 spiro atoms. The largest absolute Gasteiger partial charge is 0.496 e. The van der Waals surface area contributed by atoms with E-state index in [9.17, 15) is 0 Å². The van der Waals surface area contributed by atoms with Crippen molar-refractivity contribution >= 4 is 0 Å². The minimum Gasteiger partial charge on any atom is -0.496 e. The number of hydrogen-bond acceptors (Lipinski definition) is 2. The summed E-state index contributed by atoms with van der Waals surface area (Å²) in [6.45, 7) is 7.67. The van der Waals surface area contributed by atoms with Gasteiger partial charge >= 0.3 is 0 Å². The van der Waals surface area contributed by atoms with E-state index in [0.29, 0.717) is 0 Å². The van der Waals surface area contributed by atoms with E-state index in [1.165, 1.54) is 28.7 Å². The lowest BCUT2D eigenvalue weighted by atomic mass is 9.94. The predicted octanol–water partition coefficient (Wildman–Crippen LogP) is 3.11. The molecule has 96 valence electrons. The van der Waals surface area contributed by atoms with Gasteiger partial charge in [-0.2, -0.15) is 0 Å². The van der Waals surface area contributed by atoms with E-state index in [-0.39, 0.29) is 0 Å². The number of methoxy groups -OCH3 is 1. The second-order valence-corrected chi connectivity index (χ2v) is 5.03. The highest BCUT2D eigenvalue weighted by Crippen LogP contribution is 2.28. The van der Waals surface area contributed by atoms with Gasteiger partial charge in [-0.3, -0.25) is 0 Å². The fourth-order valence-electron chi connectivity index (χ4n) is 2.27. The third-order valence-electron chi connectivity index (χ3n) is 3.46. The molecule has 0 saturated heterocycles. The lowest BCUT2D eigenvalue weighted by Crippen LogP contribution is -2.14. The average Bonchev–Trinajstić information content (AvgIpc) is 2.27. The summed E-state index contributed by atoms with van der Waals surface area (Å²) in [7, 11) is 5.99. The summed E-state index contributed by atoms with van der Waals surface area (Å²) >= 11 is 0. The molecule has 0 aliphatic heterocycles. The first-order valence-electron chi connectivity index (χ1n) is 6.25. The monoisotopic (exact) mass is 235 g/mol. The SMILES string of the molecule is COc1cc(C)c(CCCN(C)C)c(C)c1C. The highest BCUT2D eigenvalue weighted by Gasteiger charge is 2.10. The molecule has 1 aromatic carbocycles. The van der Waals surface area contributed by atoms with Crippen molar-refractivity contribution in [1.82, 2.24) is 4.90 Å². The number of hydrogen-bond donors (Lipinski definition) is 0. The van der Waals surface area contributed by atoms with Crippen molar-refractivity contribution < 1.29 is 4.74 Å². The summed E-state index contributed by atoms with van der Waals surface area (Å²) < 4.78 is 5.40. The summed E-state index contributed by atoms with van der Waals surface area (Å²) in [5.74, 6) is 1.01. The van der Waals surface area contributed by atoms with Gasteiger partial charge in [-0.05, 0) is 82.6 Å². The molecule has 0 unspecified atom stereocenters. The van der Waals surface area contributed by atoms with Gasteiger partial charge < -0.3 is 9.64 Å². The molecule has 0 heterocycles. The maximum absolute atomic E-state index is 5.40. The quantitative estimate of drug-likeness (QED) is 0.777. The standard InChI is InChI=1S/C15H25NO/c1-11-10-15(17-6)13(3)12(2)14(11)8-7-9-16(4)5/h10H,7-9H2,1-6H3. The molecule has 0 aromatic heterocycles. The molecule has 0 aliphatic rings. The minimum atomic E-state index is 1.01. The Labute approximate surface area is 106 Å². The van der Waals surface area contributed by atoms with Crippen LogP contribution in [-0.2, 0) is 6.42 Å². The van der Waals surface area contributed by atoms with Crippen LogP contribution in [-0.4, -0.2) is 32.6 Å². The number of aryl methyl sites for hydroxylation is 1. The maximum Gasteiger partial charge on any atom is 0.122 e. The molecule has 0 aliphatic carbocycles. The highest BCUT2D eigenvalue weighted by molar-refractivity contribution is 5.48. The third kappa shape index (κ3) is 3.47. The topological polar surface area (TPSA) is 12.5 Å². The molecule has 0 N–H and O–H groups in total. The Hall–Kier alpha value is -1.02. The first kappa shape index (κ1) is 14.0. The van der Waals surface area contributed by atoms with Crippen molar-refractivity contribution in [2.24, 2.45) is 0 Å². The molecule has 0 bridgehead atoms. The fraction of sp³-hybridized carbons (Fsp3) is 0.600. The first-order chi connectivity index (χ1) is 7.97. The van der Waals surface area contributed by atoms with Crippen molar-refractivity contribution in [2.75, 3.05) is 27.7 Å². The Balaban J connectivity index is 2.89. The van der Waals surface area contributed by atoms with E-state index in [4.69, 9.17) is 4.74 Å². The summed E-state index contributed by atoms with van der Waals surface area (Å²) in [5.41, 5.74) is 5.51. The number of benzene rings is 1. The predicted molar refractivity (Wildman–Crippen MR) is 74.1 cm³/mol.